The molecular weight excluding hydrogens is 274 g/mol. The van der Waals surface area contributed by atoms with Gasteiger partial charge in [-0.1, -0.05) is 0 Å². The van der Waals surface area contributed by atoms with E-state index in [1.54, 1.807) is 24.3 Å². The quantitative estimate of drug-likeness (QED) is 0.392. The van der Waals surface area contributed by atoms with Crippen molar-refractivity contribution in [1.29, 1.82) is 0 Å². The Bertz CT molecular complexity index is 562. The molecule has 2 amide bonds. The predicted octanol–water partition coefficient (Wildman–Crippen LogP) is 0.897. The molecule has 1 heterocycles. The molecule has 1 aromatic carbocycles. The van der Waals surface area contributed by atoms with Gasteiger partial charge in [-0.05, 0) is 30.7 Å². The van der Waals surface area contributed by atoms with Gasteiger partial charge in [0.25, 0.3) is 11.8 Å². The minimum atomic E-state index is -0.824. The normalized spacial score (nSPS) is 13.8. The molecule has 0 saturated heterocycles. The van der Waals surface area contributed by atoms with Gasteiger partial charge >= 0.3 is 5.97 Å². The third-order valence-electron chi connectivity index (χ3n) is 2.86. The molecule has 2 rings (SSSR count). The number of nitrogens with zero attached hydrogens (tertiary/aromatic N) is 1. The lowest BCUT2D eigenvalue weighted by Crippen LogP contribution is -2.29. The SMILES string of the molecule is O=C(O)CCCNNc1ccc(N2C(=O)C=CC2=O)cc1. The van der Waals surface area contributed by atoms with Gasteiger partial charge in [-0.25, -0.2) is 10.3 Å². The molecule has 21 heavy (non-hydrogen) atoms. The number of imide groups is 1. The van der Waals surface area contributed by atoms with E-state index >= 15 is 0 Å². The first-order valence-electron chi connectivity index (χ1n) is 6.45. The number of carbonyl (C=O) groups excluding carboxylic acids is 2. The van der Waals surface area contributed by atoms with Gasteiger partial charge in [-0.2, -0.15) is 0 Å². The average Bonchev–Trinajstić information content (AvgIpc) is 2.78. The van der Waals surface area contributed by atoms with Crippen molar-refractivity contribution in [3.63, 3.8) is 0 Å². The summed E-state index contributed by atoms with van der Waals surface area (Å²) in [4.78, 5) is 34.4. The lowest BCUT2D eigenvalue weighted by molar-refractivity contribution is -0.137. The molecule has 1 aromatic rings. The Balaban J connectivity index is 1.84. The van der Waals surface area contributed by atoms with Crippen LogP contribution in [0.25, 0.3) is 0 Å². The highest BCUT2D eigenvalue weighted by Gasteiger charge is 2.24. The first-order chi connectivity index (χ1) is 10.1. The van der Waals surface area contributed by atoms with E-state index in [0.717, 1.165) is 10.6 Å². The molecular formula is C14H15N3O4. The number of nitrogens with one attached hydrogen (secondary N) is 2. The summed E-state index contributed by atoms with van der Waals surface area (Å²) in [6.45, 7) is 0.515. The van der Waals surface area contributed by atoms with Gasteiger partial charge in [0.15, 0.2) is 0 Å². The number of hydrazine groups is 1. The number of amides is 2. The van der Waals surface area contributed by atoms with Crippen molar-refractivity contribution >= 4 is 29.2 Å². The van der Waals surface area contributed by atoms with Crippen LogP contribution in [-0.4, -0.2) is 29.4 Å². The summed E-state index contributed by atoms with van der Waals surface area (Å²) in [6.07, 6.45) is 3.10. The second-order valence-electron chi connectivity index (χ2n) is 4.44. The van der Waals surface area contributed by atoms with Crippen molar-refractivity contribution in [3.05, 3.63) is 36.4 Å². The molecule has 110 valence electrons. The van der Waals surface area contributed by atoms with E-state index in [0.29, 0.717) is 18.7 Å². The van der Waals surface area contributed by atoms with E-state index in [9.17, 15) is 14.4 Å². The Morgan fingerprint density at radius 2 is 1.71 bits per heavy atom. The summed E-state index contributed by atoms with van der Waals surface area (Å²) >= 11 is 0. The summed E-state index contributed by atoms with van der Waals surface area (Å²) in [5.74, 6) is -1.53. The first kappa shape index (κ1) is 14.7. The van der Waals surface area contributed by atoms with Crippen molar-refractivity contribution in [3.8, 4) is 0 Å². The number of carbonyl (C=O) groups is 3. The molecule has 0 fully saturated rings. The Labute approximate surface area is 121 Å². The summed E-state index contributed by atoms with van der Waals surface area (Å²) in [7, 11) is 0. The largest absolute Gasteiger partial charge is 0.481 e. The Kier molecular flexibility index (Phi) is 4.68. The number of benzene rings is 1. The second-order valence-corrected chi connectivity index (χ2v) is 4.44. The minimum absolute atomic E-state index is 0.111. The molecule has 3 N–H and O–H groups in total. The maximum Gasteiger partial charge on any atom is 0.303 e. The Morgan fingerprint density at radius 1 is 1.10 bits per heavy atom. The van der Waals surface area contributed by atoms with Crippen LogP contribution in [0.4, 0.5) is 11.4 Å². The van der Waals surface area contributed by atoms with Gasteiger partial charge in [0, 0.05) is 30.8 Å². The molecule has 7 heteroatoms. The molecule has 0 aromatic heterocycles. The van der Waals surface area contributed by atoms with E-state index < -0.39 is 5.97 Å². The van der Waals surface area contributed by atoms with E-state index in [1.165, 1.54) is 12.2 Å². The Hall–Kier alpha value is -2.67. The summed E-state index contributed by atoms with van der Waals surface area (Å²) in [6, 6.07) is 6.75. The molecule has 0 spiro atoms. The fourth-order valence-corrected chi connectivity index (χ4v) is 1.84. The minimum Gasteiger partial charge on any atom is -0.481 e. The second kappa shape index (κ2) is 6.67. The standard InChI is InChI=1S/C14H15N3O4/c18-12-7-8-13(19)17(12)11-5-3-10(4-6-11)16-15-9-1-2-14(20)21/h3-8,15-16H,1-2,9H2,(H,20,21). The number of aliphatic carboxylic acids is 1. The van der Waals surface area contributed by atoms with Crippen molar-refractivity contribution in [2.45, 2.75) is 12.8 Å². The van der Waals surface area contributed by atoms with Crippen molar-refractivity contribution in [1.82, 2.24) is 5.43 Å². The van der Waals surface area contributed by atoms with Gasteiger partial charge in [0.05, 0.1) is 5.69 Å². The van der Waals surface area contributed by atoms with Crippen LogP contribution >= 0.6 is 0 Å². The molecule has 0 saturated carbocycles. The molecule has 0 atom stereocenters. The zero-order valence-electron chi connectivity index (χ0n) is 11.2. The number of carboxylic acids is 1. The monoisotopic (exact) mass is 289 g/mol. The van der Waals surface area contributed by atoms with Crippen molar-refractivity contribution < 1.29 is 19.5 Å². The zero-order valence-corrected chi connectivity index (χ0v) is 11.2. The third-order valence-corrected chi connectivity index (χ3v) is 2.86. The molecule has 0 radical (unpaired) electrons. The predicted molar refractivity (Wildman–Crippen MR) is 76.6 cm³/mol. The smallest absolute Gasteiger partial charge is 0.303 e. The fraction of sp³-hybridized carbons (Fsp3) is 0.214. The van der Waals surface area contributed by atoms with Gasteiger partial charge in [-0.3, -0.25) is 14.4 Å². The molecule has 0 bridgehead atoms. The summed E-state index contributed by atoms with van der Waals surface area (Å²) in [5, 5.41) is 8.49. The number of anilines is 2. The number of hydrogen-bond acceptors (Lipinski definition) is 5. The van der Waals surface area contributed by atoms with Gasteiger partial charge < -0.3 is 10.5 Å². The van der Waals surface area contributed by atoms with Crippen LogP contribution < -0.4 is 15.8 Å². The van der Waals surface area contributed by atoms with Crippen LogP contribution in [0.3, 0.4) is 0 Å². The topological polar surface area (TPSA) is 98.7 Å². The average molecular weight is 289 g/mol. The van der Waals surface area contributed by atoms with Crippen LogP contribution in [0.1, 0.15) is 12.8 Å². The molecule has 0 aliphatic carbocycles. The molecule has 7 nitrogen and oxygen atoms in total. The number of rotatable bonds is 7. The van der Waals surface area contributed by atoms with Crippen molar-refractivity contribution in [2.24, 2.45) is 0 Å². The van der Waals surface area contributed by atoms with E-state index in [2.05, 4.69) is 10.9 Å². The first-order valence-corrected chi connectivity index (χ1v) is 6.45. The van der Waals surface area contributed by atoms with Gasteiger partial charge in [0.1, 0.15) is 0 Å². The molecule has 1 aliphatic rings. The van der Waals surface area contributed by atoms with E-state index in [4.69, 9.17) is 5.11 Å². The van der Waals surface area contributed by atoms with Gasteiger partial charge in [0.2, 0.25) is 0 Å². The van der Waals surface area contributed by atoms with E-state index in [1.807, 2.05) is 0 Å². The summed E-state index contributed by atoms with van der Waals surface area (Å²) in [5.41, 5.74) is 7.06. The van der Waals surface area contributed by atoms with Crippen LogP contribution in [0.15, 0.2) is 36.4 Å². The molecule has 0 unspecified atom stereocenters. The highest BCUT2D eigenvalue weighted by molar-refractivity contribution is 6.28. The number of carboxylic acid groups (broad SMARTS) is 1. The highest BCUT2D eigenvalue weighted by atomic mass is 16.4. The zero-order chi connectivity index (χ0) is 15.2. The third kappa shape index (κ3) is 3.90. The highest BCUT2D eigenvalue weighted by Crippen LogP contribution is 2.20. The number of hydrogen-bond donors (Lipinski definition) is 3. The van der Waals surface area contributed by atoms with Crippen LogP contribution in [0.2, 0.25) is 0 Å². The molecule has 1 aliphatic heterocycles. The fourth-order valence-electron chi connectivity index (χ4n) is 1.84. The van der Waals surface area contributed by atoms with Crippen LogP contribution in [-0.2, 0) is 14.4 Å². The van der Waals surface area contributed by atoms with Crippen LogP contribution in [0, 0.1) is 0 Å². The van der Waals surface area contributed by atoms with Crippen molar-refractivity contribution in [2.75, 3.05) is 16.9 Å². The maximum atomic E-state index is 11.5. The lowest BCUT2D eigenvalue weighted by Gasteiger charge is -2.14. The van der Waals surface area contributed by atoms with Gasteiger partial charge in [-0.15, -0.1) is 0 Å². The lowest BCUT2D eigenvalue weighted by atomic mass is 10.2. The van der Waals surface area contributed by atoms with E-state index in [-0.39, 0.29) is 18.2 Å². The van der Waals surface area contributed by atoms with Crippen LogP contribution in [0.5, 0.6) is 0 Å². The summed E-state index contributed by atoms with van der Waals surface area (Å²) < 4.78 is 0. The Morgan fingerprint density at radius 3 is 2.29 bits per heavy atom. The maximum absolute atomic E-state index is 11.5.